The molecule has 1 unspecified atom stereocenters. The van der Waals surface area contributed by atoms with Gasteiger partial charge in [-0.05, 0) is 44.6 Å². The zero-order valence-electron chi connectivity index (χ0n) is 13.8. The van der Waals surface area contributed by atoms with Gasteiger partial charge in [-0.1, -0.05) is 34.6 Å². The average Bonchev–Trinajstić information content (AvgIpc) is 2.39. The van der Waals surface area contributed by atoms with Crippen LogP contribution in [0.4, 0.5) is 0 Å². The molecule has 0 rings (SSSR count). The summed E-state index contributed by atoms with van der Waals surface area (Å²) in [6, 6.07) is 0.685. The van der Waals surface area contributed by atoms with E-state index in [0.717, 1.165) is 32.4 Å². The second kappa shape index (κ2) is 9.73. The van der Waals surface area contributed by atoms with Crippen LogP contribution in [0, 0.1) is 5.92 Å². The molecule has 3 nitrogen and oxygen atoms in total. The van der Waals surface area contributed by atoms with Gasteiger partial charge in [0, 0.05) is 18.1 Å². The normalized spacial score (nSPS) is 15.5. The summed E-state index contributed by atoms with van der Waals surface area (Å²) in [5, 5.41) is 9.36. The maximum absolute atomic E-state index is 9.36. The number of nitrogens with two attached hydrogens (primary N) is 1. The van der Waals surface area contributed by atoms with E-state index >= 15 is 0 Å². The fourth-order valence-electron chi connectivity index (χ4n) is 2.70. The molecule has 0 bridgehead atoms. The van der Waals surface area contributed by atoms with Crippen LogP contribution in [-0.2, 0) is 0 Å². The molecule has 0 radical (unpaired) electrons. The summed E-state index contributed by atoms with van der Waals surface area (Å²) in [6.45, 7) is 13.5. The minimum absolute atomic E-state index is 0.0959. The van der Waals surface area contributed by atoms with Crippen LogP contribution in [0.25, 0.3) is 0 Å². The third-order valence-corrected chi connectivity index (χ3v) is 4.20. The lowest BCUT2D eigenvalue weighted by Gasteiger charge is -2.33. The third kappa shape index (κ3) is 7.28. The van der Waals surface area contributed by atoms with Crippen LogP contribution in [-0.4, -0.2) is 41.3 Å². The molecule has 116 valence electrons. The number of aliphatic hydroxyl groups is 1. The molecule has 0 aliphatic rings. The van der Waals surface area contributed by atoms with Crippen LogP contribution in [0.1, 0.15) is 66.7 Å². The predicted octanol–water partition coefficient (Wildman–Crippen LogP) is 3.01. The summed E-state index contributed by atoms with van der Waals surface area (Å²) in [5.74, 6) is 0.701. The van der Waals surface area contributed by atoms with Crippen molar-refractivity contribution in [3.05, 3.63) is 0 Å². The molecule has 0 aliphatic carbocycles. The first-order valence-electron chi connectivity index (χ1n) is 8.06. The second-order valence-corrected chi connectivity index (χ2v) is 6.34. The largest absolute Gasteiger partial charge is 0.394 e. The lowest BCUT2D eigenvalue weighted by Crippen LogP contribution is -2.44. The molecule has 19 heavy (non-hydrogen) atoms. The van der Waals surface area contributed by atoms with Crippen LogP contribution < -0.4 is 5.73 Å². The topological polar surface area (TPSA) is 49.5 Å². The Balaban J connectivity index is 4.33. The fourth-order valence-corrected chi connectivity index (χ4v) is 2.70. The van der Waals surface area contributed by atoms with Crippen LogP contribution in [0.2, 0.25) is 0 Å². The Morgan fingerprint density at radius 3 is 2.11 bits per heavy atom. The first kappa shape index (κ1) is 18.9. The van der Waals surface area contributed by atoms with Crippen molar-refractivity contribution in [1.82, 2.24) is 4.90 Å². The van der Waals surface area contributed by atoms with Crippen molar-refractivity contribution in [2.45, 2.75) is 78.3 Å². The maximum atomic E-state index is 9.36. The Bertz CT molecular complexity index is 211. The van der Waals surface area contributed by atoms with E-state index in [4.69, 9.17) is 5.73 Å². The van der Waals surface area contributed by atoms with Crippen molar-refractivity contribution in [3.8, 4) is 0 Å². The smallest absolute Gasteiger partial charge is 0.0611 e. The number of hydrogen-bond donors (Lipinski definition) is 2. The fraction of sp³-hybridized carbons (Fsp3) is 1.00. The molecule has 0 saturated carbocycles. The molecule has 0 spiro atoms. The molecule has 0 heterocycles. The van der Waals surface area contributed by atoms with E-state index in [-0.39, 0.29) is 12.1 Å². The predicted molar refractivity (Wildman–Crippen MR) is 84.3 cm³/mol. The number of hydrogen-bond acceptors (Lipinski definition) is 3. The number of rotatable bonds is 11. The van der Waals surface area contributed by atoms with Crippen molar-refractivity contribution in [2.24, 2.45) is 11.7 Å². The van der Waals surface area contributed by atoms with Crippen molar-refractivity contribution in [3.63, 3.8) is 0 Å². The van der Waals surface area contributed by atoms with Crippen LogP contribution in [0.15, 0.2) is 0 Å². The Morgan fingerprint density at radius 2 is 1.74 bits per heavy atom. The Hall–Kier alpha value is -0.120. The molecule has 0 aromatic heterocycles. The molecule has 0 fully saturated rings. The van der Waals surface area contributed by atoms with E-state index in [9.17, 15) is 5.11 Å². The molecular formula is C16H36N2O. The van der Waals surface area contributed by atoms with Gasteiger partial charge in [0.2, 0.25) is 0 Å². The van der Waals surface area contributed by atoms with Gasteiger partial charge in [-0.2, -0.15) is 0 Å². The first-order valence-corrected chi connectivity index (χ1v) is 8.06. The average molecular weight is 272 g/mol. The number of aliphatic hydroxyl groups excluding tert-OH is 1. The highest BCUT2D eigenvalue weighted by Crippen LogP contribution is 2.17. The minimum atomic E-state index is -0.378. The Kier molecular flexibility index (Phi) is 9.67. The van der Waals surface area contributed by atoms with Crippen molar-refractivity contribution in [2.75, 3.05) is 19.7 Å². The van der Waals surface area contributed by atoms with Crippen LogP contribution in [0.3, 0.4) is 0 Å². The first-order chi connectivity index (χ1) is 8.92. The quantitative estimate of drug-likeness (QED) is 0.608. The highest BCUT2D eigenvalue weighted by Gasteiger charge is 2.22. The zero-order chi connectivity index (χ0) is 14.9. The monoisotopic (exact) mass is 272 g/mol. The standard InChI is InChI=1S/C16H36N2O/c1-6-15(7-2)18(12-14(4)5)11-9-10-16(17,8-3)13-19/h14-15,19H,6-13,17H2,1-5H3. The molecule has 0 amide bonds. The van der Waals surface area contributed by atoms with Gasteiger partial charge in [-0.25, -0.2) is 0 Å². The van der Waals surface area contributed by atoms with E-state index in [1.807, 2.05) is 0 Å². The SMILES string of the molecule is CCC(CC)N(CCCC(N)(CC)CO)CC(C)C. The summed E-state index contributed by atoms with van der Waals surface area (Å²) in [5.41, 5.74) is 5.78. The third-order valence-electron chi connectivity index (χ3n) is 4.20. The molecule has 0 saturated heterocycles. The van der Waals surface area contributed by atoms with Gasteiger partial charge < -0.3 is 15.7 Å². The maximum Gasteiger partial charge on any atom is 0.0611 e. The van der Waals surface area contributed by atoms with Gasteiger partial charge >= 0.3 is 0 Å². The molecule has 3 N–H and O–H groups in total. The molecule has 1 atom stereocenters. The zero-order valence-corrected chi connectivity index (χ0v) is 13.8. The molecule has 0 aliphatic heterocycles. The molecule has 3 heteroatoms. The number of nitrogens with zero attached hydrogens (tertiary/aromatic N) is 1. The van der Waals surface area contributed by atoms with E-state index in [2.05, 4.69) is 39.5 Å². The molecular weight excluding hydrogens is 236 g/mol. The van der Waals surface area contributed by atoms with Crippen molar-refractivity contribution >= 4 is 0 Å². The van der Waals surface area contributed by atoms with E-state index in [0.29, 0.717) is 12.0 Å². The van der Waals surface area contributed by atoms with Crippen LogP contribution >= 0.6 is 0 Å². The summed E-state index contributed by atoms with van der Waals surface area (Å²) in [6.07, 6.45) is 5.26. The molecule has 0 aromatic rings. The van der Waals surface area contributed by atoms with E-state index in [1.165, 1.54) is 12.8 Å². The highest BCUT2D eigenvalue weighted by molar-refractivity contribution is 4.82. The van der Waals surface area contributed by atoms with E-state index in [1.54, 1.807) is 0 Å². The summed E-state index contributed by atoms with van der Waals surface area (Å²) in [4.78, 5) is 2.61. The van der Waals surface area contributed by atoms with Crippen molar-refractivity contribution < 1.29 is 5.11 Å². The van der Waals surface area contributed by atoms with Gasteiger partial charge in [-0.15, -0.1) is 0 Å². The van der Waals surface area contributed by atoms with Gasteiger partial charge in [0.1, 0.15) is 0 Å². The van der Waals surface area contributed by atoms with Gasteiger partial charge in [-0.3, -0.25) is 0 Å². The van der Waals surface area contributed by atoms with Gasteiger partial charge in [0.15, 0.2) is 0 Å². The minimum Gasteiger partial charge on any atom is -0.394 e. The highest BCUT2D eigenvalue weighted by atomic mass is 16.3. The van der Waals surface area contributed by atoms with Gasteiger partial charge in [0.05, 0.1) is 6.61 Å². The Morgan fingerprint density at radius 1 is 1.16 bits per heavy atom. The second-order valence-electron chi connectivity index (χ2n) is 6.34. The van der Waals surface area contributed by atoms with Crippen molar-refractivity contribution in [1.29, 1.82) is 0 Å². The Labute approximate surface area is 120 Å². The van der Waals surface area contributed by atoms with E-state index < -0.39 is 0 Å². The summed E-state index contributed by atoms with van der Waals surface area (Å²) in [7, 11) is 0. The lowest BCUT2D eigenvalue weighted by molar-refractivity contribution is 0.143. The van der Waals surface area contributed by atoms with Gasteiger partial charge in [0.25, 0.3) is 0 Å². The lowest BCUT2D eigenvalue weighted by atomic mass is 9.92. The van der Waals surface area contributed by atoms with Crippen LogP contribution in [0.5, 0.6) is 0 Å². The molecule has 0 aromatic carbocycles. The summed E-state index contributed by atoms with van der Waals surface area (Å²) >= 11 is 0. The summed E-state index contributed by atoms with van der Waals surface area (Å²) < 4.78 is 0.